The smallest absolute Gasteiger partial charge is 0.302 e. The number of carboxylic acid groups (broad SMARTS) is 1. The maximum atomic E-state index is 12.5. The summed E-state index contributed by atoms with van der Waals surface area (Å²) in [7, 11) is 1.89. The van der Waals surface area contributed by atoms with Gasteiger partial charge in [0, 0.05) is 35.3 Å². The monoisotopic (exact) mass is 437 g/mol. The van der Waals surface area contributed by atoms with Crippen LogP contribution in [-0.2, 0) is 31.0 Å². The Morgan fingerprint density at radius 2 is 2.07 bits per heavy atom. The fourth-order valence-electron chi connectivity index (χ4n) is 2.92. The van der Waals surface area contributed by atoms with Crippen molar-refractivity contribution >= 4 is 47.3 Å². The second-order valence-electron chi connectivity index (χ2n) is 6.46. The van der Waals surface area contributed by atoms with Gasteiger partial charge in [0.15, 0.2) is 12.4 Å². The topological polar surface area (TPSA) is 120 Å². The van der Waals surface area contributed by atoms with Gasteiger partial charge in [0.25, 0.3) is 5.91 Å². The summed E-state index contributed by atoms with van der Waals surface area (Å²) in [5.74, 6) is -2.50. The van der Waals surface area contributed by atoms with E-state index in [4.69, 9.17) is 4.74 Å². The predicted molar refractivity (Wildman–Crippen MR) is 102 cm³/mol. The molecule has 2 aliphatic heterocycles. The lowest BCUT2D eigenvalue weighted by Crippen LogP contribution is -2.71. The minimum Gasteiger partial charge on any atom is -0.543 e. The number of β-lactam (4-membered cyclic amide) rings is 1. The van der Waals surface area contributed by atoms with Crippen LogP contribution in [0.5, 0.6) is 0 Å². The van der Waals surface area contributed by atoms with Crippen LogP contribution >= 0.6 is 23.5 Å². The molecule has 3 rings (SSSR count). The molecule has 1 aromatic heterocycles. The highest BCUT2D eigenvalue weighted by molar-refractivity contribution is 8.00. The molecule has 29 heavy (non-hydrogen) atoms. The number of nitrogens with one attached hydrogen (secondary N) is 1. The van der Waals surface area contributed by atoms with Gasteiger partial charge in [0.2, 0.25) is 5.91 Å². The van der Waals surface area contributed by atoms with E-state index in [1.807, 2.05) is 36.1 Å². The Labute approximate surface area is 175 Å². The quantitative estimate of drug-likeness (QED) is 0.239. The highest BCUT2D eigenvalue weighted by Gasteiger charge is 2.52. The molecule has 2 amide bonds. The molecule has 0 aromatic carbocycles. The molecule has 1 N–H and O–H groups in total. The number of nitrogens with zero attached hydrogens (tertiary/aromatic N) is 2. The fraction of sp³-hybridized carbons (Fsp3) is 0.389. The van der Waals surface area contributed by atoms with Crippen LogP contribution in [0, 0.1) is 0 Å². The van der Waals surface area contributed by atoms with Crippen molar-refractivity contribution in [3.8, 4) is 0 Å². The van der Waals surface area contributed by atoms with Gasteiger partial charge in [0.1, 0.15) is 25.1 Å². The standard InChI is InChI=1S/C18H19N3O6S2/c1-10(22)27-7-11-8-29-17-14(16(24)21(17)15(11)18(25)26)19-13(23)9-28-12-3-5-20(2)6-4-12/h3-6,14,17H,7-9H2,1-2H3,(H-,19,23,25,26)/t14-,17-/m1/s1. The average molecular weight is 437 g/mol. The lowest BCUT2D eigenvalue weighted by atomic mass is 10.0. The van der Waals surface area contributed by atoms with Gasteiger partial charge >= 0.3 is 5.97 Å². The molecule has 1 fully saturated rings. The number of fused-ring (bicyclic) bond motifs is 1. The van der Waals surface area contributed by atoms with Gasteiger partial charge in [-0.05, 0) is 0 Å². The number of hydrogen-bond donors (Lipinski definition) is 1. The van der Waals surface area contributed by atoms with Crippen LogP contribution in [0.4, 0.5) is 0 Å². The van der Waals surface area contributed by atoms with Crippen LogP contribution in [0.15, 0.2) is 40.7 Å². The lowest BCUT2D eigenvalue weighted by molar-refractivity contribution is -0.671. The van der Waals surface area contributed by atoms with E-state index < -0.39 is 29.3 Å². The van der Waals surface area contributed by atoms with E-state index >= 15 is 0 Å². The van der Waals surface area contributed by atoms with Gasteiger partial charge in [-0.25, -0.2) is 4.57 Å². The summed E-state index contributed by atoms with van der Waals surface area (Å²) >= 11 is 2.64. The van der Waals surface area contributed by atoms with Gasteiger partial charge in [0.05, 0.1) is 17.4 Å². The van der Waals surface area contributed by atoms with E-state index in [-0.39, 0.29) is 29.7 Å². The Hall–Kier alpha value is -2.53. The number of carboxylic acids is 1. The lowest BCUT2D eigenvalue weighted by Gasteiger charge is -2.50. The highest BCUT2D eigenvalue weighted by Crippen LogP contribution is 2.40. The van der Waals surface area contributed by atoms with Crippen molar-refractivity contribution in [2.75, 3.05) is 18.1 Å². The van der Waals surface area contributed by atoms with Crippen molar-refractivity contribution in [3.05, 3.63) is 35.8 Å². The number of aryl methyl sites for hydroxylation is 1. The van der Waals surface area contributed by atoms with Crippen molar-refractivity contribution in [2.45, 2.75) is 23.2 Å². The molecular formula is C18H19N3O6S2. The Morgan fingerprint density at radius 1 is 1.38 bits per heavy atom. The van der Waals surface area contributed by atoms with Crippen LogP contribution in [0.2, 0.25) is 0 Å². The maximum absolute atomic E-state index is 12.5. The molecule has 0 radical (unpaired) electrons. The Bertz CT molecular complexity index is 886. The summed E-state index contributed by atoms with van der Waals surface area (Å²) < 4.78 is 6.74. The minimum absolute atomic E-state index is 0.135. The zero-order chi connectivity index (χ0) is 21.1. The van der Waals surface area contributed by atoms with E-state index in [9.17, 15) is 24.3 Å². The van der Waals surface area contributed by atoms with Crippen molar-refractivity contribution in [3.63, 3.8) is 0 Å². The third-order valence-corrected chi connectivity index (χ3v) is 6.68. The van der Waals surface area contributed by atoms with Crippen molar-refractivity contribution in [2.24, 2.45) is 7.05 Å². The number of rotatable bonds is 7. The number of ether oxygens (including phenoxy) is 1. The number of pyridine rings is 1. The van der Waals surface area contributed by atoms with Gasteiger partial charge in [-0.1, -0.05) is 0 Å². The number of hydrogen-bond acceptors (Lipinski definition) is 8. The first-order valence-corrected chi connectivity index (χ1v) is 10.7. The van der Waals surface area contributed by atoms with Gasteiger partial charge < -0.3 is 20.0 Å². The largest absolute Gasteiger partial charge is 0.543 e. The SMILES string of the molecule is CC(=O)OCC1=C(C(=O)[O-])N2C(=O)[C@@H](NC(=O)CSc3cc[n+](C)cc3)[C@H]2SC1. The normalized spacial score (nSPS) is 20.6. The van der Waals surface area contributed by atoms with Gasteiger partial charge in [-0.2, -0.15) is 0 Å². The molecule has 0 spiro atoms. The van der Waals surface area contributed by atoms with E-state index in [1.54, 1.807) is 0 Å². The number of carbonyl (C=O) groups excluding carboxylic acids is 4. The minimum atomic E-state index is -1.51. The highest BCUT2D eigenvalue weighted by atomic mass is 32.2. The van der Waals surface area contributed by atoms with E-state index in [1.165, 1.54) is 30.4 Å². The molecule has 3 heterocycles. The molecular weight excluding hydrogens is 418 g/mol. The number of aromatic nitrogens is 1. The summed E-state index contributed by atoms with van der Waals surface area (Å²) in [5, 5.41) is 13.7. The predicted octanol–water partition coefficient (Wildman–Crippen LogP) is -1.43. The molecule has 0 unspecified atom stereocenters. The molecule has 11 heteroatoms. The summed E-state index contributed by atoms with van der Waals surface area (Å²) in [6.07, 6.45) is 3.74. The van der Waals surface area contributed by atoms with Crippen LogP contribution in [0.3, 0.4) is 0 Å². The fourth-order valence-corrected chi connectivity index (χ4v) is 4.94. The number of carbonyl (C=O) groups is 4. The number of esters is 1. The van der Waals surface area contributed by atoms with E-state index in [0.717, 1.165) is 9.80 Å². The molecule has 0 aliphatic carbocycles. The third-order valence-electron chi connectivity index (χ3n) is 4.32. The van der Waals surface area contributed by atoms with Crippen LogP contribution < -0.4 is 15.0 Å². The zero-order valence-electron chi connectivity index (χ0n) is 15.7. The van der Waals surface area contributed by atoms with Crippen molar-refractivity contribution in [1.82, 2.24) is 10.2 Å². The molecule has 0 bridgehead atoms. The van der Waals surface area contributed by atoms with E-state index in [0.29, 0.717) is 5.57 Å². The van der Waals surface area contributed by atoms with Crippen LogP contribution in [0.25, 0.3) is 0 Å². The number of thioether (sulfide) groups is 2. The second kappa shape index (κ2) is 8.87. The molecule has 154 valence electrons. The van der Waals surface area contributed by atoms with Crippen LogP contribution in [-0.4, -0.2) is 58.2 Å². The van der Waals surface area contributed by atoms with Crippen molar-refractivity contribution < 1.29 is 33.6 Å². The number of aliphatic carboxylic acids is 1. The Kier molecular flexibility index (Phi) is 6.48. The third kappa shape index (κ3) is 4.73. The first-order valence-electron chi connectivity index (χ1n) is 8.66. The number of amides is 2. The maximum Gasteiger partial charge on any atom is 0.302 e. The zero-order valence-corrected chi connectivity index (χ0v) is 17.4. The molecule has 2 aliphatic rings. The molecule has 0 saturated carbocycles. The Balaban J connectivity index is 1.61. The first-order chi connectivity index (χ1) is 13.8. The molecule has 9 nitrogen and oxygen atoms in total. The molecule has 2 atom stereocenters. The summed E-state index contributed by atoms with van der Waals surface area (Å²) in [4.78, 5) is 49.3. The summed E-state index contributed by atoms with van der Waals surface area (Å²) in [6, 6.07) is 2.96. The van der Waals surface area contributed by atoms with Crippen molar-refractivity contribution in [1.29, 1.82) is 0 Å². The Morgan fingerprint density at radius 3 is 2.69 bits per heavy atom. The summed E-state index contributed by atoms with van der Waals surface area (Å²) in [6.45, 7) is 0.997. The molecule has 1 aromatic rings. The van der Waals surface area contributed by atoms with Gasteiger partial charge in [-0.15, -0.1) is 23.5 Å². The first kappa shape index (κ1) is 21.2. The van der Waals surface area contributed by atoms with E-state index in [2.05, 4.69) is 5.32 Å². The van der Waals surface area contributed by atoms with Gasteiger partial charge in [-0.3, -0.25) is 19.3 Å². The average Bonchev–Trinajstić information content (AvgIpc) is 2.69. The molecule has 1 saturated heterocycles. The van der Waals surface area contributed by atoms with Crippen LogP contribution in [0.1, 0.15) is 6.92 Å². The summed E-state index contributed by atoms with van der Waals surface area (Å²) in [5.41, 5.74) is 0.0180. The second-order valence-corrected chi connectivity index (χ2v) is 8.62.